The first kappa shape index (κ1) is 24.3. The van der Waals surface area contributed by atoms with Gasteiger partial charge in [-0.25, -0.2) is 15.0 Å². The zero-order valence-electron chi connectivity index (χ0n) is 20.7. The van der Waals surface area contributed by atoms with Gasteiger partial charge in [-0.15, -0.1) is 0 Å². The second-order valence-electron chi connectivity index (χ2n) is 10.2. The summed E-state index contributed by atoms with van der Waals surface area (Å²) in [5.74, 6) is 0.326. The van der Waals surface area contributed by atoms with E-state index in [1.807, 2.05) is 42.5 Å². The van der Waals surface area contributed by atoms with Gasteiger partial charge in [0.2, 0.25) is 0 Å². The number of anilines is 1. The predicted octanol–water partition coefficient (Wildman–Crippen LogP) is 1.70. The molecule has 3 aromatic carbocycles. The predicted molar refractivity (Wildman–Crippen MR) is 142 cm³/mol. The topological polar surface area (TPSA) is 166 Å². The number of ether oxygens (including phenoxy) is 1. The van der Waals surface area contributed by atoms with Crippen LogP contribution >= 0.6 is 0 Å². The number of aromatic nitrogens is 4. The molecule has 1 aliphatic carbocycles. The summed E-state index contributed by atoms with van der Waals surface area (Å²) in [6, 6.07) is 14.8. The smallest absolute Gasteiger partial charge is 0.167 e. The van der Waals surface area contributed by atoms with Gasteiger partial charge < -0.3 is 35.6 Å². The van der Waals surface area contributed by atoms with Gasteiger partial charge in [0.25, 0.3) is 0 Å². The number of rotatable bonds is 4. The maximum absolute atomic E-state index is 11.3. The Kier molecular flexibility index (Phi) is 5.74. The van der Waals surface area contributed by atoms with Crippen LogP contribution in [0.2, 0.25) is 0 Å². The van der Waals surface area contributed by atoms with Crippen LogP contribution in [0.4, 0.5) is 5.82 Å². The Hall–Kier alpha value is -3.71. The summed E-state index contributed by atoms with van der Waals surface area (Å²) in [5, 5.41) is 59.8. The van der Waals surface area contributed by atoms with Crippen LogP contribution in [0, 0.1) is 0 Å². The molecule has 0 amide bonds. The van der Waals surface area contributed by atoms with Crippen molar-refractivity contribution in [3.05, 3.63) is 72.3 Å². The van der Waals surface area contributed by atoms with E-state index in [1.54, 1.807) is 10.6 Å². The number of hydrogen-bond donors (Lipinski definition) is 6. The Bertz CT molecular complexity index is 1710. The van der Waals surface area contributed by atoms with Crippen LogP contribution in [0.5, 0.6) is 0 Å². The van der Waals surface area contributed by atoms with E-state index in [1.165, 1.54) is 12.7 Å². The maximum atomic E-state index is 11.3. The lowest BCUT2D eigenvalue weighted by Crippen LogP contribution is -2.44. The lowest BCUT2D eigenvalue weighted by Gasteiger charge is -2.38. The number of aliphatic hydroxyl groups excluding tert-OH is 5. The lowest BCUT2D eigenvalue weighted by molar-refractivity contribution is -0.0766. The van der Waals surface area contributed by atoms with Crippen molar-refractivity contribution in [3.63, 3.8) is 0 Å². The van der Waals surface area contributed by atoms with Gasteiger partial charge in [-0.1, -0.05) is 48.5 Å². The van der Waals surface area contributed by atoms with Gasteiger partial charge in [0.05, 0.1) is 25.1 Å². The molecule has 39 heavy (non-hydrogen) atoms. The van der Waals surface area contributed by atoms with Gasteiger partial charge in [-0.2, -0.15) is 0 Å². The number of nitrogens with one attached hydrogen (secondary N) is 1. The standard InChI is InChI=1S/C28H27N5O6/c34-10-18-17(35)9-19(39-18)33-12-31-23-27(29-11-30-28(23)33)32-22-21-16(24(36)26(38)25(22)37)8-7-14-6-5-13-3-1-2-4-15(13)20(14)21/h1-8,11-12,17-19,22,24-26,34-38H,9-10H2,(H,29,30,32)/t17-,18+,19+,22+,24+,25-,26-/m0/s1. The molecule has 0 unspecified atom stereocenters. The van der Waals surface area contributed by atoms with Crippen molar-refractivity contribution in [3.8, 4) is 0 Å². The van der Waals surface area contributed by atoms with E-state index in [0.717, 1.165) is 21.5 Å². The highest BCUT2D eigenvalue weighted by Crippen LogP contribution is 2.44. The second kappa shape index (κ2) is 9.19. The van der Waals surface area contributed by atoms with Gasteiger partial charge in [-0.05, 0) is 32.7 Å². The van der Waals surface area contributed by atoms with Gasteiger partial charge in [0.15, 0.2) is 17.0 Å². The third-order valence-electron chi connectivity index (χ3n) is 7.97. The van der Waals surface area contributed by atoms with E-state index in [4.69, 9.17) is 4.74 Å². The molecular weight excluding hydrogens is 502 g/mol. The van der Waals surface area contributed by atoms with Crippen molar-refractivity contribution in [2.45, 2.75) is 49.2 Å². The minimum atomic E-state index is -1.43. The van der Waals surface area contributed by atoms with Crippen LogP contribution in [0.3, 0.4) is 0 Å². The van der Waals surface area contributed by atoms with Crippen molar-refractivity contribution < 1.29 is 30.3 Å². The number of fused-ring (bicyclic) bond motifs is 6. The number of hydrogen-bond acceptors (Lipinski definition) is 10. The zero-order chi connectivity index (χ0) is 26.8. The highest BCUT2D eigenvalue weighted by molar-refractivity contribution is 6.10. The normalized spacial score (nSPS) is 28.8. The average molecular weight is 530 g/mol. The summed E-state index contributed by atoms with van der Waals surface area (Å²) in [4.78, 5) is 13.3. The van der Waals surface area contributed by atoms with Crippen LogP contribution in [0.1, 0.15) is 35.9 Å². The van der Waals surface area contributed by atoms with Crippen molar-refractivity contribution in [1.29, 1.82) is 0 Å². The maximum Gasteiger partial charge on any atom is 0.167 e. The number of benzene rings is 3. The van der Waals surface area contributed by atoms with Crippen LogP contribution in [-0.2, 0) is 4.74 Å². The molecule has 7 atom stereocenters. The fourth-order valence-corrected chi connectivity index (χ4v) is 6.00. The second-order valence-corrected chi connectivity index (χ2v) is 10.2. The molecule has 0 radical (unpaired) electrons. The van der Waals surface area contributed by atoms with E-state index < -0.39 is 42.8 Å². The van der Waals surface area contributed by atoms with Crippen LogP contribution in [0.25, 0.3) is 32.7 Å². The zero-order valence-corrected chi connectivity index (χ0v) is 20.7. The first-order valence-electron chi connectivity index (χ1n) is 12.8. The molecule has 11 nitrogen and oxygen atoms in total. The Labute approximate surface area is 222 Å². The highest BCUT2D eigenvalue weighted by Gasteiger charge is 2.42. The summed E-state index contributed by atoms with van der Waals surface area (Å²) in [6.07, 6.45) is -2.99. The van der Waals surface area contributed by atoms with E-state index in [2.05, 4.69) is 20.3 Å². The molecule has 6 N–H and O–H groups in total. The molecule has 11 heteroatoms. The summed E-state index contributed by atoms with van der Waals surface area (Å²) < 4.78 is 7.46. The number of nitrogens with zero attached hydrogens (tertiary/aromatic N) is 4. The largest absolute Gasteiger partial charge is 0.394 e. The molecule has 1 aliphatic heterocycles. The molecule has 0 bridgehead atoms. The third-order valence-corrected chi connectivity index (χ3v) is 7.97. The van der Waals surface area contributed by atoms with Crippen molar-refractivity contribution in [2.24, 2.45) is 0 Å². The monoisotopic (exact) mass is 529 g/mol. The summed E-state index contributed by atoms with van der Waals surface area (Å²) in [5.41, 5.74) is 2.04. The molecule has 200 valence electrons. The summed E-state index contributed by atoms with van der Waals surface area (Å²) in [7, 11) is 0. The lowest BCUT2D eigenvalue weighted by atomic mass is 9.78. The Morgan fingerprint density at radius 2 is 1.72 bits per heavy atom. The van der Waals surface area contributed by atoms with Crippen LogP contribution in [-0.4, -0.2) is 76.1 Å². The molecular formula is C28H27N5O6. The third kappa shape index (κ3) is 3.70. The van der Waals surface area contributed by atoms with E-state index >= 15 is 0 Å². The van der Waals surface area contributed by atoms with Gasteiger partial charge in [0.1, 0.15) is 37.0 Å². The van der Waals surface area contributed by atoms with E-state index in [0.29, 0.717) is 28.1 Å². The first-order chi connectivity index (χ1) is 19.0. The minimum Gasteiger partial charge on any atom is -0.394 e. The minimum absolute atomic E-state index is 0.265. The fourth-order valence-electron chi connectivity index (χ4n) is 6.00. The Morgan fingerprint density at radius 1 is 0.923 bits per heavy atom. The van der Waals surface area contributed by atoms with Crippen molar-refractivity contribution in [1.82, 2.24) is 19.5 Å². The van der Waals surface area contributed by atoms with Crippen molar-refractivity contribution in [2.75, 3.05) is 11.9 Å². The summed E-state index contributed by atoms with van der Waals surface area (Å²) >= 11 is 0. The molecule has 0 spiro atoms. The molecule has 1 saturated heterocycles. The van der Waals surface area contributed by atoms with Crippen LogP contribution in [0.15, 0.2) is 61.2 Å². The highest BCUT2D eigenvalue weighted by atomic mass is 16.5. The van der Waals surface area contributed by atoms with Crippen molar-refractivity contribution >= 4 is 38.5 Å². The SMILES string of the molecule is OC[C@H]1O[C@@H](n2cnc3c(N[C@@H]4c5c(ccc6ccc7ccccc7c56)[C@@H](O)[C@H](O)[C@H]4O)ncnc32)C[C@@H]1O. The van der Waals surface area contributed by atoms with Crippen LogP contribution < -0.4 is 5.32 Å². The Balaban J connectivity index is 1.36. The quantitative estimate of drug-likeness (QED) is 0.189. The molecule has 0 saturated carbocycles. The van der Waals surface area contributed by atoms with Gasteiger partial charge in [-0.3, -0.25) is 4.57 Å². The van der Waals surface area contributed by atoms with E-state index in [-0.39, 0.29) is 13.0 Å². The number of imidazole rings is 1. The molecule has 2 aliphatic rings. The van der Waals surface area contributed by atoms with Gasteiger partial charge in [0, 0.05) is 6.42 Å². The molecule has 3 heterocycles. The van der Waals surface area contributed by atoms with Gasteiger partial charge >= 0.3 is 0 Å². The summed E-state index contributed by atoms with van der Waals surface area (Å²) in [6.45, 7) is -0.304. The molecule has 7 rings (SSSR count). The van der Waals surface area contributed by atoms with E-state index in [9.17, 15) is 25.5 Å². The molecule has 1 fully saturated rings. The Morgan fingerprint density at radius 3 is 2.54 bits per heavy atom. The molecule has 5 aromatic rings. The first-order valence-corrected chi connectivity index (χ1v) is 12.8. The fraction of sp³-hybridized carbons (Fsp3) is 0.321. The molecule has 2 aromatic heterocycles. The average Bonchev–Trinajstić information content (AvgIpc) is 3.56. The number of aliphatic hydroxyl groups is 5.